The summed E-state index contributed by atoms with van der Waals surface area (Å²) in [6.45, 7) is 2.24. The van der Waals surface area contributed by atoms with Crippen LogP contribution in [0.25, 0.3) is 21.7 Å². The van der Waals surface area contributed by atoms with Gasteiger partial charge in [-0.15, -0.1) is 0 Å². The molecule has 4 atom stereocenters. The standard InChI is InChI=1S/C30H24N4O4.C2HF3O2/c1-29-12-13-30(38-29,14-15-37-26-21-8-4-5-9-22(21)32-17-33-26)25-24(29)27(35)34(28(25)36)23-11-10-18(16-31)19-6-2-3-7-20(19)23;3-2(4,5)1(6)7/h2-11,17,24-25H,12-15H2,1H3;(H,6,7)/t24-,25+,29-,30-;/m1./s1. The molecule has 4 aromatic rings. The van der Waals surface area contributed by atoms with Gasteiger partial charge in [0.1, 0.15) is 6.33 Å². The van der Waals surface area contributed by atoms with E-state index in [-0.39, 0.29) is 11.8 Å². The van der Waals surface area contributed by atoms with Crippen molar-refractivity contribution in [2.75, 3.05) is 11.5 Å². The zero-order valence-corrected chi connectivity index (χ0v) is 23.7. The predicted molar refractivity (Wildman–Crippen MR) is 153 cm³/mol. The summed E-state index contributed by atoms with van der Waals surface area (Å²) in [7, 11) is 0. The van der Waals surface area contributed by atoms with Crippen LogP contribution in [0.2, 0.25) is 0 Å². The van der Waals surface area contributed by atoms with Crippen molar-refractivity contribution in [3.05, 3.63) is 72.6 Å². The highest BCUT2D eigenvalue weighted by atomic mass is 19.4. The van der Waals surface area contributed by atoms with Crippen LogP contribution in [0.1, 0.15) is 31.7 Å². The minimum Gasteiger partial charge on any atom is -0.477 e. The first-order valence-corrected chi connectivity index (χ1v) is 14.0. The number of alkyl halides is 3. The lowest BCUT2D eigenvalue weighted by molar-refractivity contribution is -0.192. The summed E-state index contributed by atoms with van der Waals surface area (Å²) in [5.41, 5.74) is 0.321. The van der Waals surface area contributed by atoms with E-state index < -0.39 is 35.2 Å². The van der Waals surface area contributed by atoms with Gasteiger partial charge in [0.05, 0.1) is 57.9 Å². The predicted octanol–water partition coefficient (Wildman–Crippen LogP) is 5.18. The molecule has 7 rings (SSSR count). The first-order chi connectivity index (χ1) is 21.4. The minimum absolute atomic E-state index is 0.235. The van der Waals surface area contributed by atoms with Crippen LogP contribution >= 0.6 is 0 Å². The number of aromatic nitrogens is 2. The molecule has 0 radical (unpaired) electrons. The number of nitriles is 1. The Labute approximate surface area is 254 Å². The Hall–Kier alpha value is -5.09. The monoisotopic (exact) mass is 618 g/mol. The molecule has 13 heteroatoms. The third-order valence-corrected chi connectivity index (χ3v) is 8.79. The molecule has 2 amide bonds. The molecule has 3 aromatic carbocycles. The second-order valence-electron chi connectivity index (χ2n) is 11.3. The van der Waals surface area contributed by atoms with E-state index in [1.165, 1.54) is 11.2 Å². The fourth-order valence-corrected chi connectivity index (χ4v) is 6.84. The highest BCUT2D eigenvalue weighted by Crippen LogP contribution is 2.62. The number of rotatable bonds is 5. The number of carboxylic acids is 1. The van der Waals surface area contributed by atoms with E-state index in [9.17, 15) is 28.0 Å². The molecule has 0 saturated carbocycles. The van der Waals surface area contributed by atoms with Crippen LogP contribution in [-0.2, 0) is 19.1 Å². The summed E-state index contributed by atoms with van der Waals surface area (Å²) in [5, 5.41) is 18.9. The molecular weight excluding hydrogens is 593 g/mol. The zero-order valence-electron chi connectivity index (χ0n) is 23.7. The molecule has 2 bridgehead atoms. The molecule has 3 fully saturated rings. The number of para-hydroxylation sites is 1. The van der Waals surface area contributed by atoms with E-state index in [4.69, 9.17) is 19.4 Å². The number of ether oxygens (including phenoxy) is 2. The van der Waals surface area contributed by atoms with Crippen LogP contribution in [0.5, 0.6) is 5.88 Å². The maximum absolute atomic E-state index is 14.0. The zero-order chi connectivity index (χ0) is 32.1. The molecule has 0 unspecified atom stereocenters. The molecule has 3 saturated heterocycles. The van der Waals surface area contributed by atoms with Crippen LogP contribution in [-0.4, -0.2) is 56.8 Å². The number of fused-ring (bicyclic) bond motifs is 7. The highest BCUT2D eigenvalue weighted by molar-refractivity contribution is 6.26. The van der Waals surface area contributed by atoms with Gasteiger partial charge in [-0.05, 0) is 44.0 Å². The largest absolute Gasteiger partial charge is 0.490 e. The van der Waals surface area contributed by atoms with Crippen LogP contribution in [0.3, 0.4) is 0 Å². The number of halogens is 3. The molecule has 0 aliphatic carbocycles. The van der Waals surface area contributed by atoms with Crippen LogP contribution in [0.4, 0.5) is 18.9 Å². The maximum atomic E-state index is 14.0. The van der Waals surface area contributed by atoms with Gasteiger partial charge < -0.3 is 14.6 Å². The Morgan fingerprint density at radius 3 is 2.36 bits per heavy atom. The topological polar surface area (TPSA) is 143 Å². The van der Waals surface area contributed by atoms with Crippen molar-refractivity contribution in [1.29, 1.82) is 5.26 Å². The van der Waals surface area contributed by atoms with Gasteiger partial charge in [-0.1, -0.05) is 36.4 Å². The van der Waals surface area contributed by atoms with Gasteiger partial charge >= 0.3 is 12.1 Å². The van der Waals surface area contributed by atoms with E-state index in [2.05, 4.69) is 16.0 Å². The summed E-state index contributed by atoms with van der Waals surface area (Å²) < 4.78 is 44.4. The van der Waals surface area contributed by atoms with Gasteiger partial charge in [0, 0.05) is 17.2 Å². The Morgan fingerprint density at radius 1 is 1.02 bits per heavy atom. The van der Waals surface area contributed by atoms with Crippen LogP contribution in [0, 0.1) is 23.2 Å². The summed E-state index contributed by atoms with van der Waals surface area (Å²) in [5.74, 6) is -3.89. The van der Waals surface area contributed by atoms with Gasteiger partial charge in [0.25, 0.3) is 0 Å². The number of anilines is 1. The van der Waals surface area contributed by atoms with Crippen molar-refractivity contribution in [2.45, 2.75) is 43.6 Å². The van der Waals surface area contributed by atoms with Gasteiger partial charge in [-0.25, -0.2) is 19.7 Å². The van der Waals surface area contributed by atoms with E-state index in [0.29, 0.717) is 48.4 Å². The summed E-state index contributed by atoms with van der Waals surface area (Å²) in [6.07, 6.45) is -1.77. The van der Waals surface area contributed by atoms with Crippen molar-refractivity contribution in [3.8, 4) is 11.9 Å². The normalized spacial score (nSPS) is 25.2. The van der Waals surface area contributed by atoms with Crippen LogP contribution in [0.15, 0.2) is 67.0 Å². The van der Waals surface area contributed by atoms with E-state index in [1.807, 2.05) is 55.5 Å². The Kier molecular flexibility index (Phi) is 7.20. The number of nitrogens with zero attached hydrogens (tertiary/aromatic N) is 4. The van der Waals surface area contributed by atoms with Gasteiger partial charge in [0.15, 0.2) is 0 Å². The van der Waals surface area contributed by atoms with Crippen molar-refractivity contribution in [1.82, 2.24) is 9.97 Å². The summed E-state index contributed by atoms with van der Waals surface area (Å²) in [4.78, 5) is 46.7. The highest BCUT2D eigenvalue weighted by Gasteiger charge is 2.73. The van der Waals surface area contributed by atoms with E-state index in [1.54, 1.807) is 12.1 Å². The molecule has 1 N–H and O–H groups in total. The Morgan fingerprint density at radius 2 is 1.67 bits per heavy atom. The first-order valence-electron chi connectivity index (χ1n) is 14.0. The smallest absolute Gasteiger partial charge is 0.477 e. The maximum Gasteiger partial charge on any atom is 0.490 e. The average molecular weight is 619 g/mol. The van der Waals surface area contributed by atoms with E-state index in [0.717, 1.165) is 16.3 Å². The van der Waals surface area contributed by atoms with Crippen molar-refractivity contribution >= 4 is 45.1 Å². The molecule has 4 heterocycles. The number of carboxylic acid groups (broad SMARTS) is 1. The molecule has 1 aromatic heterocycles. The number of carbonyl (C=O) groups is 3. The number of benzene rings is 3. The number of hydrogen-bond acceptors (Lipinski definition) is 8. The van der Waals surface area contributed by atoms with Crippen molar-refractivity contribution in [2.24, 2.45) is 11.8 Å². The Bertz CT molecular complexity index is 1900. The third kappa shape index (κ3) is 4.91. The number of aliphatic carboxylic acids is 1. The number of amides is 2. The molecule has 3 aliphatic heterocycles. The second kappa shape index (κ2) is 10.8. The van der Waals surface area contributed by atoms with E-state index >= 15 is 0 Å². The molecular formula is C32H25F3N4O6. The summed E-state index contributed by atoms with van der Waals surface area (Å²) in [6, 6.07) is 20.6. The molecule has 45 heavy (non-hydrogen) atoms. The lowest BCUT2D eigenvalue weighted by atomic mass is 9.67. The fourth-order valence-electron chi connectivity index (χ4n) is 6.84. The lowest BCUT2D eigenvalue weighted by Crippen LogP contribution is -2.43. The third-order valence-electron chi connectivity index (χ3n) is 8.79. The molecule has 0 spiro atoms. The second-order valence-corrected chi connectivity index (χ2v) is 11.3. The van der Waals surface area contributed by atoms with Gasteiger partial charge in [-0.3, -0.25) is 9.59 Å². The Balaban J connectivity index is 0.000000460. The number of imide groups is 1. The van der Waals surface area contributed by atoms with Gasteiger partial charge in [0.2, 0.25) is 17.7 Å². The quantitative estimate of drug-likeness (QED) is 0.299. The minimum atomic E-state index is -5.08. The average Bonchev–Trinajstić information content (AvgIpc) is 3.60. The number of hydrogen-bond donors (Lipinski definition) is 1. The summed E-state index contributed by atoms with van der Waals surface area (Å²) >= 11 is 0. The molecule has 230 valence electrons. The first kappa shape index (κ1) is 30.0. The lowest BCUT2D eigenvalue weighted by Gasteiger charge is -2.31. The van der Waals surface area contributed by atoms with Crippen molar-refractivity contribution in [3.63, 3.8) is 0 Å². The SMILES string of the molecule is C[C@]12CC[C@](CCOc3ncnc4ccccc34)(O1)[C@@H]1C(=O)N(c3ccc(C#N)c4ccccc34)C(=O)[C@@H]12.O=C(O)C(F)(F)F. The van der Waals surface area contributed by atoms with Crippen molar-refractivity contribution < 1.29 is 42.1 Å². The van der Waals surface area contributed by atoms with Gasteiger partial charge in [-0.2, -0.15) is 18.4 Å². The molecule has 3 aliphatic rings. The molecule has 10 nitrogen and oxygen atoms in total. The number of carbonyl (C=O) groups excluding carboxylic acids is 2. The fraction of sp³-hybridized carbons (Fsp3) is 0.312. The van der Waals surface area contributed by atoms with Crippen LogP contribution < -0.4 is 9.64 Å².